The Hall–Kier alpha value is -0.270. The fraction of sp³-hybridized carbons (Fsp3) is 0.583. The van der Waals surface area contributed by atoms with Crippen molar-refractivity contribution in [2.24, 2.45) is 0 Å². The van der Waals surface area contributed by atoms with Gasteiger partial charge in [-0.25, -0.2) is 8.10 Å². The zero-order valence-corrected chi connectivity index (χ0v) is 13.1. The topological polar surface area (TPSA) is 28.6 Å². The van der Waals surface area contributed by atoms with Gasteiger partial charge in [-0.2, -0.15) is 0 Å². The Morgan fingerprint density at radius 2 is 2.33 bits per heavy atom. The van der Waals surface area contributed by atoms with Crippen LogP contribution in [0.4, 0.5) is 5.82 Å². The molecule has 2 aliphatic rings. The van der Waals surface area contributed by atoms with Crippen LogP contribution in [0.1, 0.15) is 12.0 Å². The molecule has 0 aliphatic carbocycles. The molecule has 1 fully saturated rings. The third-order valence-corrected chi connectivity index (χ3v) is 4.86. The largest absolute Gasteiger partial charge is 0.489 e. The number of rotatable bonds is 0. The van der Waals surface area contributed by atoms with E-state index in [1.54, 1.807) is 6.20 Å². The molecule has 0 bridgehead atoms. The summed E-state index contributed by atoms with van der Waals surface area (Å²) < 4.78 is 8.22. The Morgan fingerprint density at radius 1 is 1.50 bits per heavy atom. The van der Waals surface area contributed by atoms with Gasteiger partial charge in [0.15, 0.2) is 11.6 Å². The highest BCUT2D eigenvalue weighted by Gasteiger charge is 2.32. The number of halogens is 2. The van der Waals surface area contributed by atoms with Gasteiger partial charge in [0.1, 0.15) is 0 Å². The third-order valence-electron chi connectivity index (χ3n) is 3.60. The van der Waals surface area contributed by atoms with Crippen LogP contribution in [0.25, 0.3) is 0 Å². The number of nitrogens with zero attached hydrogens (tertiary/aromatic N) is 3. The van der Waals surface area contributed by atoms with E-state index in [1.807, 2.05) is 6.92 Å². The van der Waals surface area contributed by atoms with Gasteiger partial charge in [0.2, 0.25) is 0 Å². The maximum absolute atomic E-state index is 6.13. The van der Waals surface area contributed by atoms with Crippen molar-refractivity contribution in [2.75, 3.05) is 31.1 Å². The van der Waals surface area contributed by atoms with Gasteiger partial charge in [-0.3, -0.25) is 0 Å². The van der Waals surface area contributed by atoms with Crippen LogP contribution in [0.15, 0.2) is 6.20 Å². The maximum atomic E-state index is 6.13. The molecule has 1 aromatic rings. The van der Waals surface area contributed by atoms with Gasteiger partial charge in [-0.05, 0) is 6.92 Å². The van der Waals surface area contributed by atoms with E-state index in [9.17, 15) is 0 Å². The molecule has 4 nitrogen and oxygen atoms in total. The summed E-state index contributed by atoms with van der Waals surface area (Å²) in [5, 5.41) is 0.680. The van der Waals surface area contributed by atoms with Crippen molar-refractivity contribution < 1.29 is 4.74 Å². The number of ether oxygens (including phenoxy) is 1. The van der Waals surface area contributed by atoms with Gasteiger partial charge >= 0.3 is 0 Å². The molecule has 0 spiro atoms. The number of anilines is 1. The van der Waals surface area contributed by atoms with Crippen LogP contribution in [0.5, 0.6) is 5.75 Å². The predicted molar refractivity (Wildman–Crippen MR) is 80.8 cm³/mol. The number of hydrogen-bond donors (Lipinski definition) is 0. The Morgan fingerprint density at radius 3 is 3.17 bits per heavy atom. The van der Waals surface area contributed by atoms with Gasteiger partial charge in [0, 0.05) is 66.7 Å². The van der Waals surface area contributed by atoms with Crippen LogP contribution < -0.4 is 9.64 Å². The summed E-state index contributed by atoms with van der Waals surface area (Å²) in [5.41, 5.74) is 0.999. The predicted octanol–water partition coefficient (Wildman–Crippen LogP) is 2.67. The first-order valence-electron chi connectivity index (χ1n) is 6.12. The van der Waals surface area contributed by atoms with Crippen molar-refractivity contribution in [1.82, 2.24) is 8.10 Å². The van der Waals surface area contributed by atoms with Crippen LogP contribution in [0.2, 0.25) is 5.02 Å². The molecule has 1 atom stereocenters. The fourth-order valence-corrected chi connectivity index (χ4v) is 3.37. The van der Waals surface area contributed by atoms with Crippen molar-refractivity contribution in [1.29, 1.82) is 0 Å². The summed E-state index contributed by atoms with van der Waals surface area (Å²) in [6, 6.07) is 0.491. The van der Waals surface area contributed by atoms with Gasteiger partial charge in [0.05, 0.1) is 11.6 Å². The van der Waals surface area contributed by atoms with E-state index in [0.717, 1.165) is 49.8 Å². The normalized spacial score (nSPS) is 23.9. The Kier molecular flexibility index (Phi) is 3.55. The molecule has 0 radical (unpaired) electrons. The molecular formula is C12H15ClIN3O. The van der Waals surface area contributed by atoms with Gasteiger partial charge in [-0.1, -0.05) is 11.6 Å². The molecule has 0 N–H and O–H groups in total. The smallest absolute Gasteiger partial charge is 0.172 e. The summed E-state index contributed by atoms with van der Waals surface area (Å²) in [7, 11) is 0. The molecular weight excluding hydrogens is 365 g/mol. The third kappa shape index (κ3) is 2.16. The highest BCUT2D eigenvalue weighted by Crippen LogP contribution is 2.38. The minimum atomic E-state index is 0.491. The molecule has 1 saturated heterocycles. The lowest BCUT2D eigenvalue weighted by Gasteiger charge is -2.38. The maximum Gasteiger partial charge on any atom is 0.172 e. The first kappa shape index (κ1) is 12.7. The van der Waals surface area contributed by atoms with E-state index in [1.165, 1.54) is 0 Å². The lowest BCUT2D eigenvalue weighted by atomic mass is 10.1. The summed E-state index contributed by atoms with van der Waals surface area (Å²) in [6.45, 7) is 5.85. The zero-order valence-electron chi connectivity index (χ0n) is 10.2. The molecule has 3 rings (SSSR count). The summed E-state index contributed by atoms with van der Waals surface area (Å²) in [4.78, 5) is 6.87. The SMILES string of the molecule is Cc1c(Cl)cnc2c1OCC[C@H]1CN(I)CCN21. The van der Waals surface area contributed by atoms with E-state index in [-0.39, 0.29) is 0 Å². The number of hydrogen-bond acceptors (Lipinski definition) is 4. The second kappa shape index (κ2) is 5.02. The summed E-state index contributed by atoms with van der Waals surface area (Å²) in [5.74, 6) is 1.83. The number of pyridine rings is 1. The zero-order chi connectivity index (χ0) is 12.7. The minimum absolute atomic E-state index is 0.491. The van der Waals surface area contributed by atoms with Crippen molar-refractivity contribution >= 4 is 40.3 Å². The van der Waals surface area contributed by atoms with Gasteiger partial charge in [0.25, 0.3) is 0 Å². The molecule has 18 heavy (non-hydrogen) atoms. The molecule has 1 aromatic heterocycles. The molecule has 0 saturated carbocycles. The molecule has 98 valence electrons. The van der Waals surface area contributed by atoms with Crippen molar-refractivity contribution in [3.05, 3.63) is 16.8 Å². The average Bonchev–Trinajstić information content (AvgIpc) is 2.53. The number of piperazine rings is 1. The summed E-state index contributed by atoms with van der Waals surface area (Å²) in [6.07, 6.45) is 2.77. The van der Waals surface area contributed by atoms with Crippen LogP contribution in [-0.4, -0.2) is 40.4 Å². The number of fused-ring (bicyclic) bond motifs is 3. The Labute approximate surface area is 126 Å². The average molecular weight is 380 g/mol. The first-order valence-corrected chi connectivity index (χ1v) is 7.46. The van der Waals surface area contributed by atoms with Crippen LogP contribution in [-0.2, 0) is 0 Å². The van der Waals surface area contributed by atoms with Crippen LogP contribution >= 0.6 is 34.5 Å². The second-order valence-corrected chi connectivity index (χ2v) is 6.51. The summed E-state index contributed by atoms with van der Waals surface area (Å²) >= 11 is 8.52. The van der Waals surface area contributed by atoms with Crippen molar-refractivity contribution in [2.45, 2.75) is 19.4 Å². The van der Waals surface area contributed by atoms with Crippen molar-refractivity contribution in [3.8, 4) is 5.75 Å². The Balaban J connectivity index is 2.02. The minimum Gasteiger partial charge on any atom is -0.489 e. The van der Waals surface area contributed by atoms with E-state index in [4.69, 9.17) is 16.3 Å². The second-order valence-electron chi connectivity index (χ2n) is 4.74. The van der Waals surface area contributed by atoms with E-state index < -0.39 is 0 Å². The highest BCUT2D eigenvalue weighted by atomic mass is 127. The first-order chi connectivity index (χ1) is 8.66. The van der Waals surface area contributed by atoms with E-state index in [2.05, 4.69) is 35.9 Å². The lowest BCUT2D eigenvalue weighted by molar-refractivity contribution is 0.290. The standard InChI is InChI=1S/C12H15ClIN3O/c1-8-10(13)6-15-12-11(8)18-5-2-9-7-16(14)3-4-17(9)12/h6,9H,2-5,7H2,1H3/t9-/m0/s1. The van der Waals surface area contributed by atoms with E-state index in [0.29, 0.717) is 11.1 Å². The molecule has 2 aliphatic heterocycles. The quantitative estimate of drug-likeness (QED) is 0.512. The van der Waals surface area contributed by atoms with Crippen LogP contribution in [0, 0.1) is 6.92 Å². The molecule has 0 aromatic carbocycles. The van der Waals surface area contributed by atoms with Gasteiger partial charge < -0.3 is 9.64 Å². The monoisotopic (exact) mass is 379 g/mol. The number of aromatic nitrogens is 1. The molecule has 0 amide bonds. The molecule has 3 heterocycles. The molecule has 6 heteroatoms. The van der Waals surface area contributed by atoms with Crippen molar-refractivity contribution in [3.63, 3.8) is 0 Å². The van der Waals surface area contributed by atoms with Crippen LogP contribution in [0.3, 0.4) is 0 Å². The Bertz CT molecular complexity index is 471. The fourth-order valence-electron chi connectivity index (χ4n) is 2.57. The van der Waals surface area contributed by atoms with Gasteiger partial charge in [-0.15, -0.1) is 0 Å². The highest BCUT2D eigenvalue weighted by molar-refractivity contribution is 14.1. The lowest BCUT2D eigenvalue weighted by Crippen LogP contribution is -2.50. The molecule has 0 unspecified atom stereocenters. The van der Waals surface area contributed by atoms with E-state index >= 15 is 0 Å².